The number of ether oxygens (including phenoxy) is 2. The lowest BCUT2D eigenvalue weighted by Gasteiger charge is -2.25. The Hall–Kier alpha value is -4.20. The van der Waals surface area contributed by atoms with E-state index in [-0.39, 0.29) is 29.4 Å². The highest BCUT2D eigenvalue weighted by Gasteiger charge is 2.46. The summed E-state index contributed by atoms with van der Waals surface area (Å²) in [5.74, 6) is -0.636. The van der Waals surface area contributed by atoms with Crippen LogP contribution in [0.3, 0.4) is 0 Å². The van der Waals surface area contributed by atoms with Gasteiger partial charge in [0.25, 0.3) is 11.7 Å². The number of aromatic hydroxyl groups is 1. The van der Waals surface area contributed by atoms with Gasteiger partial charge in [-0.25, -0.2) is 0 Å². The number of furan rings is 1. The minimum absolute atomic E-state index is 0.0210. The number of phenols is 1. The molecule has 34 heavy (non-hydrogen) atoms. The van der Waals surface area contributed by atoms with Crippen molar-refractivity contribution in [1.82, 2.24) is 4.90 Å². The second-order valence-corrected chi connectivity index (χ2v) is 7.62. The lowest BCUT2D eigenvalue weighted by Crippen LogP contribution is -2.29. The first-order valence-electron chi connectivity index (χ1n) is 10.9. The smallest absolute Gasteiger partial charge is 0.296 e. The normalized spacial score (nSPS) is 17.2. The van der Waals surface area contributed by atoms with Gasteiger partial charge >= 0.3 is 0 Å². The molecule has 1 amide bonds. The molecule has 2 heterocycles. The van der Waals surface area contributed by atoms with E-state index in [0.29, 0.717) is 35.9 Å². The van der Waals surface area contributed by atoms with E-state index in [1.165, 1.54) is 17.2 Å². The number of aliphatic hydroxyl groups is 1. The van der Waals surface area contributed by atoms with Gasteiger partial charge in [0.1, 0.15) is 17.3 Å². The highest BCUT2D eigenvalue weighted by Crippen LogP contribution is 2.42. The molecular weight excluding hydrogens is 438 g/mol. The number of Topliss-reactive ketones (excluding diaryl/α,β-unsaturated/α-hetero) is 1. The predicted molar refractivity (Wildman–Crippen MR) is 123 cm³/mol. The zero-order valence-corrected chi connectivity index (χ0v) is 18.9. The molecule has 4 rings (SSSR count). The second kappa shape index (κ2) is 9.74. The van der Waals surface area contributed by atoms with Crippen LogP contribution in [0.4, 0.5) is 0 Å². The molecule has 1 aliphatic rings. The van der Waals surface area contributed by atoms with E-state index in [1.54, 1.807) is 55.5 Å². The van der Waals surface area contributed by atoms with Gasteiger partial charge in [0.2, 0.25) is 0 Å². The SMILES string of the molecule is CCOc1ccc(C(O)=C2C(=O)C(=O)N(Cc3ccco3)C2c2ccc(O)c(OCC)c2)cc1. The third kappa shape index (κ3) is 4.34. The van der Waals surface area contributed by atoms with Gasteiger partial charge in [-0.15, -0.1) is 0 Å². The number of nitrogens with zero attached hydrogens (tertiary/aromatic N) is 1. The number of likely N-dealkylation sites (tertiary alicyclic amines) is 1. The van der Waals surface area contributed by atoms with E-state index >= 15 is 0 Å². The van der Waals surface area contributed by atoms with Gasteiger partial charge < -0.3 is 29.0 Å². The first-order valence-corrected chi connectivity index (χ1v) is 10.9. The highest BCUT2D eigenvalue weighted by atomic mass is 16.5. The number of hydrogen-bond acceptors (Lipinski definition) is 7. The fraction of sp³-hybridized carbons (Fsp3) is 0.231. The van der Waals surface area contributed by atoms with Crippen molar-refractivity contribution in [2.45, 2.75) is 26.4 Å². The molecule has 8 nitrogen and oxygen atoms in total. The van der Waals surface area contributed by atoms with Crippen LogP contribution in [0.25, 0.3) is 5.76 Å². The molecule has 0 radical (unpaired) electrons. The van der Waals surface area contributed by atoms with Gasteiger partial charge in [-0.1, -0.05) is 6.07 Å². The Kier molecular flexibility index (Phi) is 6.58. The first kappa shape index (κ1) is 23.0. The van der Waals surface area contributed by atoms with Crippen LogP contribution in [-0.4, -0.2) is 40.0 Å². The van der Waals surface area contributed by atoms with E-state index in [9.17, 15) is 19.8 Å². The summed E-state index contributed by atoms with van der Waals surface area (Å²) in [6, 6.07) is 13.7. The Balaban J connectivity index is 1.84. The number of aliphatic hydroxyl groups excluding tert-OH is 1. The summed E-state index contributed by atoms with van der Waals surface area (Å²) in [6.07, 6.45) is 1.48. The van der Waals surface area contributed by atoms with Crippen molar-refractivity contribution < 1.29 is 33.7 Å². The zero-order chi connectivity index (χ0) is 24.2. The fourth-order valence-corrected chi connectivity index (χ4v) is 3.96. The minimum atomic E-state index is -0.920. The number of rotatable bonds is 8. The van der Waals surface area contributed by atoms with Gasteiger partial charge in [0.15, 0.2) is 11.5 Å². The largest absolute Gasteiger partial charge is 0.507 e. The van der Waals surface area contributed by atoms with Crippen LogP contribution < -0.4 is 9.47 Å². The number of phenolic OH excluding ortho intramolecular Hbond substituents is 1. The maximum Gasteiger partial charge on any atom is 0.296 e. The average Bonchev–Trinajstić information content (AvgIpc) is 3.43. The van der Waals surface area contributed by atoms with Crippen LogP contribution >= 0.6 is 0 Å². The van der Waals surface area contributed by atoms with Crippen molar-refractivity contribution in [3.05, 3.63) is 83.3 Å². The summed E-state index contributed by atoms with van der Waals surface area (Å²) in [5.41, 5.74) is 0.807. The van der Waals surface area contributed by atoms with Crippen LogP contribution in [0.5, 0.6) is 17.2 Å². The molecule has 1 unspecified atom stereocenters. The minimum Gasteiger partial charge on any atom is -0.507 e. The molecule has 1 atom stereocenters. The van der Waals surface area contributed by atoms with Gasteiger partial charge in [-0.2, -0.15) is 0 Å². The van der Waals surface area contributed by atoms with Crippen molar-refractivity contribution in [2.75, 3.05) is 13.2 Å². The second-order valence-electron chi connectivity index (χ2n) is 7.62. The van der Waals surface area contributed by atoms with Crippen LogP contribution in [0.1, 0.15) is 36.8 Å². The zero-order valence-electron chi connectivity index (χ0n) is 18.9. The summed E-state index contributed by atoms with van der Waals surface area (Å²) in [6.45, 7) is 4.47. The molecule has 1 saturated heterocycles. The Morgan fingerprint density at radius 1 is 1.03 bits per heavy atom. The molecule has 2 N–H and O–H groups in total. The summed E-state index contributed by atoms with van der Waals surface area (Å²) >= 11 is 0. The Morgan fingerprint density at radius 3 is 2.41 bits per heavy atom. The number of hydrogen-bond donors (Lipinski definition) is 2. The number of amides is 1. The van der Waals surface area contributed by atoms with Crippen molar-refractivity contribution in [1.29, 1.82) is 0 Å². The molecule has 1 aromatic heterocycles. The van der Waals surface area contributed by atoms with E-state index in [2.05, 4.69) is 0 Å². The molecule has 2 aromatic carbocycles. The highest BCUT2D eigenvalue weighted by molar-refractivity contribution is 6.46. The Labute approximate surface area is 196 Å². The van der Waals surface area contributed by atoms with Crippen molar-refractivity contribution in [3.8, 4) is 17.2 Å². The summed E-state index contributed by atoms with van der Waals surface area (Å²) in [5, 5.41) is 21.3. The first-order chi connectivity index (χ1) is 16.4. The maximum absolute atomic E-state index is 13.1. The predicted octanol–water partition coefficient (Wildman–Crippen LogP) is 4.40. The van der Waals surface area contributed by atoms with Gasteiger partial charge in [-0.3, -0.25) is 9.59 Å². The molecule has 3 aromatic rings. The lowest BCUT2D eigenvalue weighted by molar-refractivity contribution is -0.140. The van der Waals surface area contributed by atoms with Crippen LogP contribution in [0.2, 0.25) is 0 Å². The van der Waals surface area contributed by atoms with E-state index in [0.717, 1.165) is 0 Å². The van der Waals surface area contributed by atoms with Gasteiger partial charge in [0.05, 0.1) is 37.6 Å². The molecule has 176 valence electrons. The van der Waals surface area contributed by atoms with Gasteiger partial charge in [0, 0.05) is 5.56 Å². The maximum atomic E-state index is 13.1. The van der Waals surface area contributed by atoms with Crippen LogP contribution in [0.15, 0.2) is 70.9 Å². The fourth-order valence-electron chi connectivity index (χ4n) is 3.96. The van der Waals surface area contributed by atoms with Crippen molar-refractivity contribution in [3.63, 3.8) is 0 Å². The number of benzene rings is 2. The number of carbonyl (C=O) groups excluding carboxylic acids is 2. The molecular formula is C26H25NO7. The molecule has 1 aliphatic heterocycles. The molecule has 0 bridgehead atoms. The monoisotopic (exact) mass is 463 g/mol. The third-order valence-electron chi connectivity index (χ3n) is 5.48. The van der Waals surface area contributed by atoms with Crippen molar-refractivity contribution >= 4 is 17.4 Å². The topological polar surface area (TPSA) is 109 Å². The average molecular weight is 463 g/mol. The van der Waals surface area contributed by atoms with E-state index < -0.39 is 17.7 Å². The summed E-state index contributed by atoms with van der Waals surface area (Å²) < 4.78 is 16.3. The molecule has 1 fully saturated rings. The molecule has 8 heteroatoms. The number of carbonyl (C=O) groups is 2. The quantitative estimate of drug-likeness (QED) is 0.289. The van der Waals surface area contributed by atoms with E-state index in [4.69, 9.17) is 13.9 Å². The summed E-state index contributed by atoms with van der Waals surface area (Å²) in [4.78, 5) is 27.5. The Morgan fingerprint density at radius 2 is 1.76 bits per heavy atom. The third-order valence-corrected chi connectivity index (χ3v) is 5.48. The number of ketones is 1. The summed E-state index contributed by atoms with van der Waals surface area (Å²) in [7, 11) is 0. The molecule has 0 aliphatic carbocycles. The van der Waals surface area contributed by atoms with Gasteiger partial charge in [-0.05, 0) is 67.9 Å². The van der Waals surface area contributed by atoms with E-state index in [1.807, 2.05) is 6.92 Å². The van der Waals surface area contributed by atoms with Crippen LogP contribution in [0, 0.1) is 0 Å². The molecule has 0 saturated carbocycles. The molecule has 0 spiro atoms. The Bertz CT molecular complexity index is 1210. The van der Waals surface area contributed by atoms with Crippen LogP contribution in [-0.2, 0) is 16.1 Å². The standard InChI is InChI=1S/C26H25NO7/c1-3-32-18-10-7-16(8-11-18)24(29)22-23(17-9-12-20(28)21(14-17)33-4-2)27(26(31)25(22)30)15-19-6-5-13-34-19/h5-14,23,28-29H,3-4,15H2,1-2H3. The lowest BCUT2D eigenvalue weighted by atomic mass is 9.95. The van der Waals surface area contributed by atoms with Crippen molar-refractivity contribution in [2.24, 2.45) is 0 Å².